The Bertz CT molecular complexity index is 934. The Kier molecular flexibility index (Phi) is 6.11. The topological polar surface area (TPSA) is 84.0 Å². The fraction of sp³-hybridized carbons (Fsp3) is 0.300. The van der Waals surface area contributed by atoms with Crippen molar-refractivity contribution in [1.82, 2.24) is 9.21 Å². The molecule has 1 heterocycles. The normalized spacial score (nSPS) is 15.2. The summed E-state index contributed by atoms with van der Waals surface area (Å²) in [6, 6.07) is 15.3. The molecule has 0 saturated carbocycles. The minimum atomic E-state index is -3.42. The van der Waals surface area contributed by atoms with Crippen molar-refractivity contribution in [3.63, 3.8) is 0 Å². The lowest BCUT2D eigenvalue weighted by Crippen LogP contribution is -2.50. The van der Waals surface area contributed by atoms with Crippen LogP contribution >= 0.6 is 0 Å². The molecule has 1 aliphatic heterocycles. The van der Waals surface area contributed by atoms with Gasteiger partial charge in [0.15, 0.2) is 0 Å². The van der Waals surface area contributed by atoms with Crippen LogP contribution < -0.4 is 0 Å². The fourth-order valence-corrected chi connectivity index (χ4v) is 4.61. The highest BCUT2D eigenvalue weighted by Gasteiger charge is 2.29. The van der Waals surface area contributed by atoms with Crippen molar-refractivity contribution >= 4 is 21.9 Å². The molecule has 0 aliphatic carbocycles. The third-order valence-electron chi connectivity index (χ3n) is 4.66. The zero-order chi connectivity index (χ0) is 20.1. The molecule has 1 aliphatic rings. The number of esters is 1. The summed E-state index contributed by atoms with van der Waals surface area (Å²) >= 11 is 0. The minimum absolute atomic E-state index is 0.0449. The third-order valence-corrected chi connectivity index (χ3v) is 6.51. The number of hydrogen-bond acceptors (Lipinski definition) is 5. The highest BCUT2D eigenvalue weighted by Crippen LogP contribution is 2.16. The largest absolute Gasteiger partial charge is 0.465 e. The molecule has 28 heavy (non-hydrogen) atoms. The Labute approximate surface area is 164 Å². The maximum absolute atomic E-state index is 12.6. The number of rotatable bonds is 5. The lowest BCUT2D eigenvalue weighted by Gasteiger charge is -2.34. The Balaban J connectivity index is 1.60. The molecule has 0 spiro atoms. The van der Waals surface area contributed by atoms with Gasteiger partial charge in [0.1, 0.15) is 0 Å². The predicted octanol–water partition coefficient (Wildman–Crippen LogP) is 1.76. The van der Waals surface area contributed by atoms with Crippen LogP contribution in [0, 0.1) is 0 Å². The molecule has 2 aromatic carbocycles. The van der Waals surface area contributed by atoms with Crippen LogP contribution in [-0.2, 0) is 20.5 Å². The zero-order valence-corrected chi connectivity index (χ0v) is 16.4. The molecular weight excluding hydrogens is 380 g/mol. The van der Waals surface area contributed by atoms with Crippen LogP contribution in [0.15, 0.2) is 54.6 Å². The van der Waals surface area contributed by atoms with E-state index in [0.29, 0.717) is 24.2 Å². The minimum Gasteiger partial charge on any atom is -0.465 e. The van der Waals surface area contributed by atoms with Gasteiger partial charge in [-0.1, -0.05) is 30.3 Å². The van der Waals surface area contributed by atoms with E-state index in [1.807, 2.05) is 18.2 Å². The van der Waals surface area contributed by atoms with Crippen LogP contribution in [0.25, 0.3) is 0 Å². The van der Waals surface area contributed by atoms with Crippen LogP contribution in [0.5, 0.6) is 0 Å². The van der Waals surface area contributed by atoms with E-state index in [1.165, 1.54) is 11.4 Å². The van der Waals surface area contributed by atoms with Gasteiger partial charge in [-0.25, -0.2) is 13.2 Å². The van der Waals surface area contributed by atoms with E-state index < -0.39 is 16.0 Å². The zero-order valence-electron chi connectivity index (χ0n) is 15.6. The first-order valence-corrected chi connectivity index (χ1v) is 10.5. The van der Waals surface area contributed by atoms with Gasteiger partial charge in [0.2, 0.25) is 10.0 Å². The molecule has 8 heteroatoms. The summed E-state index contributed by atoms with van der Waals surface area (Å²) in [5.41, 5.74) is 1.57. The van der Waals surface area contributed by atoms with Crippen molar-refractivity contribution in [1.29, 1.82) is 0 Å². The van der Waals surface area contributed by atoms with E-state index in [9.17, 15) is 18.0 Å². The molecule has 0 N–H and O–H groups in total. The lowest BCUT2D eigenvalue weighted by atomic mass is 10.1. The number of piperazine rings is 1. The van der Waals surface area contributed by atoms with Crippen molar-refractivity contribution in [2.75, 3.05) is 33.3 Å². The molecule has 1 saturated heterocycles. The molecule has 0 aromatic heterocycles. The van der Waals surface area contributed by atoms with Gasteiger partial charge in [-0.2, -0.15) is 4.31 Å². The fourth-order valence-electron chi connectivity index (χ4n) is 3.09. The first kappa shape index (κ1) is 20.0. The number of hydrogen-bond donors (Lipinski definition) is 0. The number of carbonyl (C=O) groups is 2. The van der Waals surface area contributed by atoms with E-state index in [1.54, 1.807) is 41.3 Å². The van der Waals surface area contributed by atoms with E-state index in [-0.39, 0.29) is 24.7 Å². The average Bonchev–Trinajstić information content (AvgIpc) is 2.73. The maximum Gasteiger partial charge on any atom is 0.337 e. The first-order valence-electron chi connectivity index (χ1n) is 8.90. The highest BCUT2D eigenvalue weighted by molar-refractivity contribution is 7.88. The first-order chi connectivity index (χ1) is 13.4. The quantitative estimate of drug-likeness (QED) is 0.712. The van der Waals surface area contributed by atoms with Crippen LogP contribution in [0.1, 0.15) is 26.3 Å². The number of amides is 1. The van der Waals surface area contributed by atoms with E-state index in [2.05, 4.69) is 4.74 Å². The highest BCUT2D eigenvalue weighted by atomic mass is 32.2. The Hall–Kier alpha value is -2.71. The van der Waals surface area contributed by atoms with Crippen molar-refractivity contribution in [2.24, 2.45) is 0 Å². The van der Waals surface area contributed by atoms with Gasteiger partial charge in [0, 0.05) is 31.7 Å². The molecule has 7 nitrogen and oxygen atoms in total. The molecule has 148 valence electrons. The number of carbonyl (C=O) groups excluding carboxylic acids is 2. The summed E-state index contributed by atoms with van der Waals surface area (Å²) in [6.07, 6.45) is 0. The Morgan fingerprint density at radius 1 is 0.893 bits per heavy atom. The van der Waals surface area contributed by atoms with Crippen LogP contribution in [-0.4, -0.2) is 62.8 Å². The maximum atomic E-state index is 12.6. The van der Waals surface area contributed by atoms with Crippen molar-refractivity contribution in [3.8, 4) is 0 Å². The summed E-state index contributed by atoms with van der Waals surface area (Å²) in [5.74, 6) is -0.690. The van der Waals surface area contributed by atoms with Crippen LogP contribution in [0.4, 0.5) is 0 Å². The lowest BCUT2D eigenvalue weighted by molar-refractivity contribution is 0.0599. The third kappa shape index (κ3) is 4.58. The second-order valence-corrected chi connectivity index (χ2v) is 8.47. The number of benzene rings is 2. The molecule has 0 atom stereocenters. The number of ether oxygens (including phenoxy) is 1. The van der Waals surface area contributed by atoms with Crippen molar-refractivity contribution < 1.29 is 22.7 Å². The van der Waals surface area contributed by atoms with Crippen molar-refractivity contribution in [2.45, 2.75) is 5.75 Å². The molecule has 0 unspecified atom stereocenters. The van der Waals surface area contributed by atoms with Gasteiger partial charge < -0.3 is 9.64 Å². The van der Waals surface area contributed by atoms with E-state index in [0.717, 1.165) is 5.56 Å². The van der Waals surface area contributed by atoms with Gasteiger partial charge in [0.25, 0.3) is 5.91 Å². The second-order valence-electron chi connectivity index (χ2n) is 6.50. The SMILES string of the molecule is COC(=O)c1ccc(C(=O)N2CCN(S(=O)(=O)Cc3ccccc3)CC2)cc1. The van der Waals surface area contributed by atoms with Gasteiger partial charge in [-0.3, -0.25) is 4.79 Å². The van der Waals surface area contributed by atoms with Crippen molar-refractivity contribution in [3.05, 3.63) is 71.3 Å². The Morgan fingerprint density at radius 3 is 2.04 bits per heavy atom. The standard InChI is InChI=1S/C20H22N2O5S/c1-27-20(24)18-9-7-17(8-10-18)19(23)21-11-13-22(14-12-21)28(25,26)15-16-5-3-2-4-6-16/h2-10H,11-15H2,1H3. The molecule has 1 fully saturated rings. The summed E-state index contributed by atoms with van der Waals surface area (Å²) in [7, 11) is -2.13. The monoisotopic (exact) mass is 402 g/mol. The average molecular weight is 402 g/mol. The number of methoxy groups -OCH3 is 1. The smallest absolute Gasteiger partial charge is 0.337 e. The summed E-state index contributed by atoms with van der Waals surface area (Å²) in [5, 5.41) is 0. The van der Waals surface area contributed by atoms with Gasteiger partial charge in [-0.05, 0) is 29.8 Å². The van der Waals surface area contributed by atoms with Gasteiger partial charge >= 0.3 is 5.97 Å². The van der Waals surface area contributed by atoms with Crippen LogP contribution in [0.2, 0.25) is 0 Å². The number of sulfonamides is 1. The summed E-state index contributed by atoms with van der Waals surface area (Å²) in [4.78, 5) is 25.7. The van der Waals surface area contributed by atoms with Gasteiger partial charge in [-0.15, -0.1) is 0 Å². The Morgan fingerprint density at radius 2 is 1.46 bits per heavy atom. The van der Waals surface area contributed by atoms with E-state index in [4.69, 9.17) is 0 Å². The predicted molar refractivity (Wildman–Crippen MR) is 104 cm³/mol. The summed E-state index contributed by atoms with van der Waals surface area (Å²) < 4.78 is 31.3. The van der Waals surface area contributed by atoms with Gasteiger partial charge in [0.05, 0.1) is 18.4 Å². The molecular formula is C20H22N2O5S. The summed E-state index contributed by atoms with van der Waals surface area (Å²) in [6.45, 7) is 1.18. The second kappa shape index (κ2) is 8.53. The number of nitrogens with zero attached hydrogens (tertiary/aromatic N) is 2. The molecule has 3 rings (SSSR count). The molecule has 0 radical (unpaired) electrons. The molecule has 1 amide bonds. The molecule has 0 bridgehead atoms. The van der Waals surface area contributed by atoms with Crippen LogP contribution in [0.3, 0.4) is 0 Å². The van der Waals surface area contributed by atoms with E-state index >= 15 is 0 Å². The molecule has 2 aromatic rings.